The molecular weight excluding hydrogens is 420 g/mol. The zero-order chi connectivity index (χ0) is 24.3. The first-order chi connectivity index (χ1) is 16.5. The molecule has 1 aliphatic rings. The third kappa shape index (κ3) is 7.67. The summed E-state index contributed by atoms with van der Waals surface area (Å²) in [5, 5.41) is 9.12. The number of benzene rings is 1. The largest absolute Gasteiger partial charge is 0.330 e. The smallest absolute Gasteiger partial charge is 0.272 e. The molecule has 0 unspecified atom stereocenters. The van der Waals surface area contributed by atoms with Crippen molar-refractivity contribution in [1.82, 2.24) is 14.8 Å². The maximum absolute atomic E-state index is 13.6. The molecule has 0 saturated carbocycles. The predicted molar refractivity (Wildman–Crippen MR) is 137 cm³/mol. The van der Waals surface area contributed by atoms with Crippen LogP contribution in [0, 0.1) is 17.2 Å². The third-order valence-corrected chi connectivity index (χ3v) is 6.83. The van der Waals surface area contributed by atoms with E-state index in [0.29, 0.717) is 23.7 Å². The summed E-state index contributed by atoms with van der Waals surface area (Å²) < 4.78 is 0. The maximum Gasteiger partial charge on any atom is 0.272 e. The Hall–Kier alpha value is -2.71. The van der Waals surface area contributed by atoms with Gasteiger partial charge in [-0.15, -0.1) is 0 Å². The van der Waals surface area contributed by atoms with Gasteiger partial charge in [0.25, 0.3) is 5.91 Å². The number of unbranched alkanes of at least 4 members (excludes halogenated alkanes) is 2. The summed E-state index contributed by atoms with van der Waals surface area (Å²) in [4.78, 5) is 22.7. The van der Waals surface area contributed by atoms with Gasteiger partial charge in [0.15, 0.2) is 0 Å². The molecule has 2 aromatic rings. The summed E-state index contributed by atoms with van der Waals surface area (Å²) in [5.41, 5.74) is 3.41. The van der Waals surface area contributed by atoms with E-state index < -0.39 is 0 Å². The normalized spacial score (nSPS) is 14.8. The van der Waals surface area contributed by atoms with E-state index in [4.69, 9.17) is 5.26 Å². The van der Waals surface area contributed by atoms with Gasteiger partial charge in [0.2, 0.25) is 0 Å². The number of nitriles is 1. The highest BCUT2D eigenvalue weighted by Gasteiger charge is 2.29. The molecule has 0 bridgehead atoms. The zero-order valence-electron chi connectivity index (χ0n) is 21.2. The standard InChI is InChI=1S/C29H40N4O/c1-4-5-6-7-25-12-13-28(31-21-25)29(34)33(22-26-10-8-24(20-30)9-11-26)27-15-18-32(19-16-27)17-14-23(2)3/h8-13,21,23,27H,4-7,14-19,22H2,1-3H3. The fraction of sp³-hybridized carbons (Fsp3) is 0.552. The number of amides is 1. The monoisotopic (exact) mass is 460 g/mol. The van der Waals surface area contributed by atoms with E-state index in [-0.39, 0.29) is 11.9 Å². The summed E-state index contributed by atoms with van der Waals surface area (Å²) in [5.74, 6) is 0.716. The Morgan fingerprint density at radius 2 is 1.82 bits per heavy atom. The zero-order valence-corrected chi connectivity index (χ0v) is 21.2. The van der Waals surface area contributed by atoms with Crippen LogP contribution in [0.2, 0.25) is 0 Å². The summed E-state index contributed by atoms with van der Waals surface area (Å²) in [6.45, 7) is 10.5. The highest BCUT2D eigenvalue weighted by Crippen LogP contribution is 2.22. The van der Waals surface area contributed by atoms with Gasteiger partial charge >= 0.3 is 0 Å². The Morgan fingerprint density at radius 1 is 1.12 bits per heavy atom. The number of nitrogens with zero attached hydrogens (tertiary/aromatic N) is 4. The molecule has 0 spiro atoms. The molecular formula is C29H40N4O. The molecule has 3 rings (SSSR count). The van der Waals surface area contributed by atoms with Crippen molar-refractivity contribution < 1.29 is 4.79 Å². The molecule has 1 aromatic carbocycles. The van der Waals surface area contributed by atoms with Gasteiger partial charge < -0.3 is 9.80 Å². The van der Waals surface area contributed by atoms with Crippen molar-refractivity contribution in [2.24, 2.45) is 5.92 Å². The lowest BCUT2D eigenvalue weighted by Gasteiger charge is -2.38. The molecule has 0 N–H and O–H groups in total. The van der Waals surface area contributed by atoms with Crippen LogP contribution in [-0.2, 0) is 13.0 Å². The van der Waals surface area contributed by atoms with Crippen LogP contribution in [0.4, 0.5) is 0 Å². The van der Waals surface area contributed by atoms with Crippen LogP contribution in [0.5, 0.6) is 0 Å². The molecule has 1 aliphatic heterocycles. The Kier molecular flexibility index (Phi) is 10.1. The average molecular weight is 461 g/mol. The van der Waals surface area contributed by atoms with Gasteiger partial charge in [0, 0.05) is 31.9 Å². The van der Waals surface area contributed by atoms with Crippen molar-refractivity contribution in [1.29, 1.82) is 5.26 Å². The molecule has 1 saturated heterocycles. The number of likely N-dealkylation sites (tertiary alicyclic amines) is 1. The number of rotatable bonds is 11. The Labute approximate surface area is 205 Å². The molecule has 1 amide bonds. The molecule has 5 heteroatoms. The summed E-state index contributed by atoms with van der Waals surface area (Å²) in [7, 11) is 0. The van der Waals surface area contributed by atoms with Crippen LogP contribution in [0.15, 0.2) is 42.6 Å². The Morgan fingerprint density at radius 3 is 2.41 bits per heavy atom. The van der Waals surface area contributed by atoms with Crippen molar-refractivity contribution >= 4 is 5.91 Å². The van der Waals surface area contributed by atoms with Crippen molar-refractivity contribution in [3.8, 4) is 6.07 Å². The van der Waals surface area contributed by atoms with Gasteiger partial charge in [0.1, 0.15) is 5.69 Å². The lowest BCUT2D eigenvalue weighted by molar-refractivity contribution is 0.0540. The van der Waals surface area contributed by atoms with Gasteiger partial charge in [-0.05, 0) is 73.9 Å². The minimum Gasteiger partial charge on any atom is -0.330 e. The molecule has 0 aliphatic carbocycles. The Balaban J connectivity index is 1.72. The first kappa shape index (κ1) is 25.9. The van der Waals surface area contributed by atoms with Gasteiger partial charge in [0.05, 0.1) is 11.6 Å². The number of carbonyl (C=O) groups is 1. The lowest BCUT2D eigenvalue weighted by atomic mass is 10.00. The number of piperidine rings is 1. The third-order valence-electron chi connectivity index (χ3n) is 6.83. The van der Waals surface area contributed by atoms with Crippen LogP contribution in [0.1, 0.15) is 86.5 Å². The van der Waals surface area contributed by atoms with Crippen LogP contribution < -0.4 is 0 Å². The highest BCUT2D eigenvalue weighted by molar-refractivity contribution is 5.92. The van der Waals surface area contributed by atoms with Gasteiger partial charge in [-0.1, -0.05) is 51.8 Å². The van der Waals surface area contributed by atoms with Gasteiger partial charge in [-0.3, -0.25) is 9.78 Å². The van der Waals surface area contributed by atoms with Crippen LogP contribution in [-0.4, -0.2) is 46.4 Å². The first-order valence-electron chi connectivity index (χ1n) is 13.0. The van der Waals surface area contributed by atoms with Gasteiger partial charge in [-0.2, -0.15) is 5.26 Å². The summed E-state index contributed by atoms with van der Waals surface area (Å²) in [6, 6.07) is 13.9. The first-order valence-corrected chi connectivity index (χ1v) is 13.0. The fourth-order valence-electron chi connectivity index (χ4n) is 4.57. The van der Waals surface area contributed by atoms with Crippen LogP contribution in [0.25, 0.3) is 0 Å². The van der Waals surface area contributed by atoms with Gasteiger partial charge in [-0.25, -0.2) is 0 Å². The quantitative estimate of drug-likeness (QED) is 0.395. The predicted octanol–water partition coefficient (Wildman–Crippen LogP) is 5.84. The SMILES string of the molecule is CCCCCc1ccc(C(=O)N(Cc2ccc(C#N)cc2)C2CCN(CCC(C)C)CC2)nc1. The molecule has 182 valence electrons. The lowest BCUT2D eigenvalue weighted by Crippen LogP contribution is -2.47. The second-order valence-electron chi connectivity index (χ2n) is 10.0. The number of aromatic nitrogens is 1. The van der Waals surface area contributed by atoms with Crippen LogP contribution in [0.3, 0.4) is 0 Å². The number of aryl methyl sites for hydroxylation is 1. The molecule has 1 aromatic heterocycles. The molecule has 1 fully saturated rings. The van der Waals surface area contributed by atoms with E-state index in [9.17, 15) is 4.79 Å². The average Bonchev–Trinajstić information content (AvgIpc) is 2.87. The van der Waals surface area contributed by atoms with Crippen molar-refractivity contribution in [2.75, 3.05) is 19.6 Å². The van der Waals surface area contributed by atoms with E-state index >= 15 is 0 Å². The molecule has 0 atom stereocenters. The molecule has 5 nitrogen and oxygen atoms in total. The fourth-order valence-corrected chi connectivity index (χ4v) is 4.57. The summed E-state index contributed by atoms with van der Waals surface area (Å²) in [6.07, 6.45) is 9.64. The number of hydrogen-bond donors (Lipinski definition) is 0. The molecule has 0 radical (unpaired) electrons. The second kappa shape index (κ2) is 13.2. The topological polar surface area (TPSA) is 60.2 Å². The van der Waals surface area contributed by atoms with Crippen molar-refractivity contribution in [3.05, 3.63) is 65.0 Å². The van der Waals surface area contributed by atoms with E-state index in [1.54, 1.807) is 0 Å². The number of pyridine rings is 1. The second-order valence-corrected chi connectivity index (χ2v) is 10.0. The summed E-state index contributed by atoms with van der Waals surface area (Å²) >= 11 is 0. The van der Waals surface area contributed by atoms with E-state index in [0.717, 1.165) is 50.9 Å². The van der Waals surface area contributed by atoms with E-state index in [1.807, 2.05) is 41.4 Å². The van der Waals surface area contributed by atoms with E-state index in [2.05, 4.69) is 42.8 Å². The van der Waals surface area contributed by atoms with Crippen LogP contribution >= 0.6 is 0 Å². The molecule has 2 heterocycles. The maximum atomic E-state index is 13.6. The Bertz CT molecular complexity index is 922. The molecule has 34 heavy (non-hydrogen) atoms. The van der Waals surface area contributed by atoms with Crippen molar-refractivity contribution in [2.45, 2.75) is 78.3 Å². The van der Waals surface area contributed by atoms with Crippen molar-refractivity contribution in [3.63, 3.8) is 0 Å². The minimum atomic E-state index is 0.00472. The van der Waals surface area contributed by atoms with E-state index in [1.165, 1.54) is 24.8 Å². The number of carbonyl (C=O) groups excluding carboxylic acids is 1. The minimum absolute atomic E-state index is 0.00472. The number of hydrogen-bond acceptors (Lipinski definition) is 4. The highest BCUT2D eigenvalue weighted by atomic mass is 16.2.